The van der Waals surface area contributed by atoms with Crippen molar-refractivity contribution in [2.75, 3.05) is 11.5 Å². The van der Waals surface area contributed by atoms with Crippen molar-refractivity contribution in [3.8, 4) is 6.07 Å². The van der Waals surface area contributed by atoms with Gasteiger partial charge < -0.3 is 0 Å². The molecule has 0 spiro atoms. The second kappa shape index (κ2) is 4.15. The van der Waals surface area contributed by atoms with Crippen LogP contribution in [0.5, 0.6) is 0 Å². The molecular weight excluding hydrogens is 238 g/mol. The molecule has 0 amide bonds. The van der Waals surface area contributed by atoms with Crippen LogP contribution in [0, 0.1) is 25.2 Å². The van der Waals surface area contributed by atoms with Gasteiger partial charge in [0.1, 0.15) is 15.9 Å². The van der Waals surface area contributed by atoms with Crippen molar-refractivity contribution in [2.45, 2.75) is 32.7 Å². The van der Waals surface area contributed by atoms with Gasteiger partial charge in [-0.15, -0.1) is 0 Å². The fourth-order valence-corrected chi connectivity index (χ4v) is 3.77. The summed E-state index contributed by atoms with van der Waals surface area (Å²) in [4.78, 5) is 0. The van der Waals surface area contributed by atoms with E-state index in [1.807, 2.05) is 18.5 Å². The predicted octanol–water partition coefficient (Wildman–Crippen LogP) is 1.12. The Morgan fingerprint density at radius 2 is 1.94 bits per heavy atom. The van der Waals surface area contributed by atoms with E-state index >= 15 is 0 Å². The Morgan fingerprint density at radius 3 is 2.41 bits per heavy atom. The minimum atomic E-state index is -2.85. The molecular formula is C11H15N3O2S. The highest BCUT2D eigenvalue weighted by Crippen LogP contribution is 2.26. The minimum absolute atomic E-state index is 0.110. The van der Waals surface area contributed by atoms with Crippen molar-refractivity contribution < 1.29 is 8.42 Å². The molecule has 6 heteroatoms. The third kappa shape index (κ3) is 2.20. The third-order valence-corrected chi connectivity index (χ3v) is 5.02. The van der Waals surface area contributed by atoms with Gasteiger partial charge in [-0.1, -0.05) is 0 Å². The van der Waals surface area contributed by atoms with Gasteiger partial charge in [-0.2, -0.15) is 10.4 Å². The van der Waals surface area contributed by atoms with Crippen molar-refractivity contribution in [2.24, 2.45) is 0 Å². The van der Waals surface area contributed by atoms with Crippen LogP contribution in [0.1, 0.15) is 35.8 Å². The number of hydrogen-bond acceptors (Lipinski definition) is 4. The Labute approximate surface area is 101 Å². The zero-order valence-corrected chi connectivity index (χ0v) is 10.8. The quantitative estimate of drug-likeness (QED) is 0.751. The molecule has 0 N–H and O–H groups in total. The number of sulfone groups is 1. The van der Waals surface area contributed by atoms with Gasteiger partial charge in [0.2, 0.25) is 0 Å². The average Bonchev–Trinajstić information content (AvgIpc) is 2.54. The molecule has 0 saturated carbocycles. The van der Waals surface area contributed by atoms with E-state index in [4.69, 9.17) is 5.26 Å². The maximum Gasteiger partial charge on any atom is 0.150 e. The maximum atomic E-state index is 11.4. The number of aryl methyl sites for hydroxylation is 1. The Bertz CT molecular complexity index is 567. The lowest BCUT2D eigenvalue weighted by atomic mass is 10.1. The number of rotatable bonds is 1. The lowest BCUT2D eigenvalue weighted by Gasteiger charge is -2.23. The first-order valence-electron chi connectivity index (χ1n) is 5.61. The van der Waals surface area contributed by atoms with Crippen LogP contribution in [0.4, 0.5) is 0 Å². The molecule has 5 nitrogen and oxygen atoms in total. The first-order chi connectivity index (χ1) is 7.94. The number of nitrogens with zero attached hydrogens (tertiary/aromatic N) is 3. The highest BCUT2D eigenvalue weighted by atomic mass is 32.2. The van der Waals surface area contributed by atoms with Gasteiger partial charge in [-0.3, -0.25) is 4.68 Å². The fourth-order valence-electron chi connectivity index (χ4n) is 2.30. The van der Waals surface area contributed by atoms with E-state index in [0.717, 1.165) is 11.4 Å². The molecule has 1 fully saturated rings. The summed E-state index contributed by atoms with van der Waals surface area (Å²) in [5, 5.41) is 13.3. The summed E-state index contributed by atoms with van der Waals surface area (Å²) >= 11 is 0. The van der Waals surface area contributed by atoms with Crippen molar-refractivity contribution in [3.05, 3.63) is 17.0 Å². The molecule has 2 rings (SSSR count). The highest BCUT2D eigenvalue weighted by molar-refractivity contribution is 7.91. The van der Waals surface area contributed by atoms with Gasteiger partial charge in [-0.25, -0.2) is 8.42 Å². The molecule has 0 aromatic carbocycles. The second-order valence-corrected chi connectivity index (χ2v) is 6.79. The van der Waals surface area contributed by atoms with Crippen LogP contribution in [0.3, 0.4) is 0 Å². The van der Waals surface area contributed by atoms with Crippen molar-refractivity contribution in [1.29, 1.82) is 5.26 Å². The van der Waals surface area contributed by atoms with Crippen LogP contribution in [0.15, 0.2) is 0 Å². The maximum absolute atomic E-state index is 11.4. The molecule has 1 saturated heterocycles. The fraction of sp³-hybridized carbons (Fsp3) is 0.636. The first kappa shape index (κ1) is 12.1. The van der Waals surface area contributed by atoms with Crippen molar-refractivity contribution in [1.82, 2.24) is 9.78 Å². The summed E-state index contributed by atoms with van der Waals surface area (Å²) < 4.78 is 24.5. The summed E-state index contributed by atoms with van der Waals surface area (Å²) in [6.45, 7) is 3.67. The summed E-state index contributed by atoms with van der Waals surface area (Å²) in [6, 6.07) is 2.25. The molecule has 0 atom stereocenters. The molecule has 0 radical (unpaired) electrons. The Hall–Kier alpha value is -1.35. The topological polar surface area (TPSA) is 75.8 Å². The summed E-state index contributed by atoms with van der Waals surface area (Å²) in [7, 11) is -2.85. The number of hydrogen-bond donors (Lipinski definition) is 0. The molecule has 0 aliphatic carbocycles. The number of nitriles is 1. The van der Waals surface area contributed by atoms with Crippen LogP contribution in [0.25, 0.3) is 0 Å². The zero-order chi connectivity index (χ0) is 12.6. The lowest BCUT2D eigenvalue weighted by Crippen LogP contribution is -2.26. The zero-order valence-electron chi connectivity index (χ0n) is 9.97. The standard InChI is InChI=1S/C11H15N3O2S/c1-8-11(7-12)9(2)14(13-8)10-3-5-17(15,16)6-4-10/h10H,3-6H2,1-2H3. The van der Waals surface area contributed by atoms with Gasteiger partial charge in [-0.05, 0) is 26.7 Å². The van der Waals surface area contributed by atoms with Crippen LogP contribution in [0.2, 0.25) is 0 Å². The van der Waals surface area contributed by atoms with E-state index in [0.29, 0.717) is 18.4 Å². The SMILES string of the molecule is Cc1nn(C2CCS(=O)(=O)CC2)c(C)c1C#N. The monoisotopic (exact) mass is 253 g/mol. The molecule has 92 valence electrons. The van der Waals surface area contributed by atoms with Gasteiger partial charge in [0.25, 0.3) is 0 Å². The molecule has 17 heavy (non-hydrogen) atoms. The molecule has 2 heterocycles. The Balaban J connectivity index is 2.29. The van der Waals surface area contributed by atoms with Crippen LogP contribution < -0.4 is 0 Å². The van der Waals surface area contributed by atoms with E-state index in [9.17, 15) is 8.42 Å². The van der Waals surface area contributed by atoms with E-state index in [1.54, 1.807) is 0 Å². The normalized spacial score (nSPS) is 20.1. The summed E-state index contributed by atoms with van der Waals surface area (Å²) in [5.41, 5.74) is 2.17. The Kier molecular flexibility index (Phi) is 2.96. The molecule has 0 unspecified atom stereocenters. The predicted molar refractivity (Wildman–Crippen MR) is 63.3 cm³/mol. The summed E-state index contributed by atoms with van der Waals surface area (Å²) in [5.74, 6) is 0.440. The second-order valence-electron chi connectivity index (χ2n) is 4.49. The van der Waals surface area contributed by atoms with Gasteiger partial charge in [0, 0.05) is 0 Å². The van der Waals surface area contributed by atoms with E-state index in [2.05, 4.69) is 11.2 Å². The van der Waals surface area contributed by atoms with E-state index < -0.39 is 9.84 Å². The van der Waals surface area contributed by atoms with Gasteiger partial charge in [0.15, 0.2) is 0 Å². The van der Waals surface area contributed by atoms with Crippen LogP contribution in [-0.2, 0) is 9.84 Å². The van der Waals surface area contributed by atoms with Crippen LogP contribution >= 0.6 is 0 Å². The molecule has 1 aromatic rings. The average molecular weight is 253 g/mol. The van der Waals surface area contributed by atoms with Crippen molar-refractivity contribution in [3.63, 3.8) is 0 Å². The smallest absolute Gasteiger partial charge is 0.150 e. The molecule has 0 bridgehead atoms. The largest absolute Gasteiger partial charge is 0.265 e. The third-order valence-electron chi connectivity index (χ3n) is 3.31. The van der Waals surface area contributed by atoms with Gasteiger partial charge in [0.05, 0.1) is 34.5 Å². The minimum Gasteiger partial charge on any atom is -0.265 e. The molecule has 1 aliphatic rings. The van der Waals surface area contributed by atoms with Crippen LogP contribution in [-0.4, -0.2) is 29.7 Å². The molecule has 1 aromatic heterocycles. The highest BCUT2D eigenvalue weighted by Gasteiger charge is 2.27. The first-order valence-corrected chi connectivity index (χ1v) is 7.43. The van der Waals surface area contributed by atoms with Crippen molar-refractivity contribution >= 4 is 9.84 Å². The lowest BCUT2D eigenvalue weighted by molar-refractivity contribution is 0.404. The van der Waals surface area contributed by atoms with E-state index in [-0.39, 0.29) is 17.5 Å². The van der Waals surface area contributed by atoms with E-state index in [1.165, 1.54) is 0 Å². The summed E-state index contributed by atoms with van der Waals surface area (Å²) in [6.07, 6.45) is 1.18. The Morgan fingerprint density at radius 1 is 1.35 bits per heavy atom. The number of aromatic nitrogens is 2. The molecule has 1 aliphatic heterocycles. The van der Waals surface area contributed by atoms with Gasteiger partial charge >= 0.3 is 0 Å².